The number of carbonyl (C=O) groups excluding carboxylic acids is 1. The van der Waals surface area contributed by atoms with Crippen LogP contribution in [0.2, 0.25) is 5.02 Å². The van der Waals surface area contributed by atoms with Crippen LogP contribution in [0.1, 0.15) is 35.4 Å². The van der Waals surface area contributed by atoms with Crippen LogP contribution >= 0.6 is 22.9 Å². The zero-order valence-electron chi connectivity index (χ0n) is 14.4. The summed E-state index contributed by atoms with van der Waals surface area (Å²) in [7, 11) is -3.37. The number of thiophene rings is 1. The Morgan fingerprint density at radius 3 is 2.56 bits per heavy atom. The van der Waals surface area contributed by atoms with E-state index in [2.05, 4.69) is 5.32 Å². The Morgan fingerprint density at radius 2 is 1.81 bits per heavy atom. The van der Waals surface area contributed by atoms with Crippen LogP contribution in [0, 0.1) is 0 Å². The maximum absolute atomic E-state index is 12.8. The van der Waals surface area contributed by atoms with Crippen LogP contribution in [0.15, 0.2) is 53.4 Å². The van der Waals surface area contributed by atoms with Crippen LogP contribution in [0.4, 0.5) is 5.69 Å². The molecule has 7 heteroatoms. The lowest BCUT2D eigenvalue weighted by atomic mass is 10.2. The Bertz CT molecular complexity index is 1120. The molecule has 1 amide bonds. The van der Waals surface area contributed by atoms with Gasteiger partial charge < -0.3 is 5.32 Å². The van der Waals surface area contributed by atoms with Crippen molar-refractivity contribution in [2.24, 2.45) is 0 Å². The van der Waals surface area contributed by atoms with Gasteiger partial charge in [0.25, 0.3) is 5.91 Å². The van der Waals surface area contributed by atoms with Gasteiger partial charge in [0.1, 0.15) is 4.88 Å². The highest BCUT2D eigenvalue weighted by molar-refractivity contribution is 7.92. The SMILES string of the molecule is O=C(Nc1cccc(S(=O)(=O)C2CCCC2)c1)c1sc2ccccc2c1Cl. The van der Waals surface area contributed by atoms with Gasteiger partial charge in [0.15, 0.2) is 9.84 Å². The zero-order valence-corrected chi connectivity index (χ0v) is 16.8. The minimum atomic E-state index is -3.37. The lowest BCUT2D eigenvalue weighted by Crippen LogP contribution is -2.18. The predicted molar refractivity (Wildman–Crippen MR) is 111 cm³/mol. The van der Waals surface area contributed by atoms with Crippen molar-refractivity contribution in [3.63, 3.8) is 0 Å². The van der Waals surface area contributed by atoms with Crippen LogP contribution in [-0.2, 0) is 9.84 Å². The molecule has 1 aromatic heterocycles. The Morgan fingerprint density at radius 1 is 1.07 bits per heavy atom. The lowest BCUT2D eigenvalue weighted by Gasteiger charge is -2.12. The normalized spacial score (nSPS) is 15.3. The molecule has 0 unspecified atom stereocenters. The maximum atomic E-state index is 12.8. The topological polar surface area (TPSA) is 63.2 Å². The highest BCUT2D eigenvalue weighted by atomic mass is 35.5. The van der Waals surface area contributed by atoms with Crippen molar-refractivity contribution in [1.82, 2.24) is 0 Å². The largest absolute Gasteiger partial charge is 0.321 e. The van der Waals surface area contributed by atoms with Gasteiger partial charge in [-0.05, 0) is 37.1 Å². The predicted octanol–water partition coefficient (Wildman–Crippen LogP) is 5.52. The number of hydrogen-bond acceptors (Lipinski definition) is 4. The van der Waals surface area contributed by atoms with E-state index in [-0.39, 0.29) is 16.1 Å². The molecule has 4 rings (SSSR count). The van der Waals surface area contributed by atoms with E-state index in [1.807, 2.05) is 24.3 Å². The van der Waals surface area contributed by atoms with E-state index in [1.165, 1.54) is 17.4 Å². The Balaban J connectivity index is 1.61. The number of carbonyl (C=O) groups is 1. The van der Waals surface area contributed by atoms with E-state index in [9.17, 15) is 13.2 Å². The first-order valence-corrected chi connectivity index (χ1v) is 11.5. The average molecular weight is 420 g/mol. The van der Waals surface area contributed by atoms with E-state index >= 15 is 0 Å². The molecule has 0 spiro atoms. The Kier molecular flexibility index (Phi) is 4.97. The number of hydrogen-bond donors (Lipinski definition) is 1. The van der Waals surface area contributed by atoms with Crippen molar-refractivity contribution in [2.75, 3.05) is 5.32 Å². The van der Waals surface area contributed by atoms with Crippen molar-refractivity contribution in [1.29, 1.82) is 0 Å². The third-order valence-electron chi connectivity index (χ3n) is 4.90. The summed E-state index contributed by atoms with van der Waals surface area (Å²) < 4.78 is 26.5. The number of benzene rings is 2. The standard InChI is InChI=1S/C20H18ClNO3S2/c21-18-16-10-3-4-11-17(16)26-19(18)20(23)22-13-6-5-9-15(12-13)27(24,25)14-7-1-2-8-14/h3-6,9-12,14H,1-2,7-8H2,(H,22,23). The third-order valence-corrected chi connectivity index (χ3v) is 8.84. The van der Waals surface area contributed by atoms with Crippen LogP contribution < -0.4 is 5.32 Å². The smallest absolute Gasteiger partial charge is 0.267 e. The summed E-state index contributed by atoms with van der Waals surface area (Å²) in [6.45, 7) is 0. The van der Waals surface area contributed by atoms with Crippen molar-refractivity contribution in [3.05, 3.63) is 58.4 Å². The van der Waals surface area contributed by atoms with E-state index in [1.54, 1.807) is 18.2 Å². The van der Waals surface area contributed by atoms with Crippen molar-refractivity contribution < 1.29 is 13.2 Å². The second kappa shape index (κ2) is 7.26. The van der Waals surface area contributed by atoms with Gasteiger partial charge in [-0.15, -0.1) is 11.3 Å². The summed E-state index contributed by atoms with van der Waals surface area (Å²) in [5.41, 5.74) is 0.451. The summed E-state index contributed by atoms with van der Waals surface area (Å²) in [6.07, 6.45) is 3.31. The quantitative estimate of drug-likeness (QED) is 0.605. The molecule has 1 heterocycles. The van der Waals surface area contributed by atoms with Gasteiger partial charge in [0.2, 0.25) is 0 Å². The summed E-state index contributed by atoms with van der Waals surface area (Å²) in [6, 6.07) is 14.0. The lowest BCUT2D eigenvalue weighted by molar-refractivity contribution is 0.103. The van der Waals surface area contributed by atoms with Gasteiger partial charge in [-0.1, -0.05) is 48.7 Å². The summed E-state index contributed by atoms with van der Waals surface area (Å²) in [5.74, 6) is -0.336. The first-order chi connectivity index (χ1) is 13.0. The molecule has 0 bridgehead atoms. The second-order valence-electron chi connectivity index (χ2n) is 6.67. The fourth-order valence-corrected chi connectivity index (χ4v) is 6.80. The molecule has 0 aliphatic heterocycles. The molecule has 4 nitrogen and oxygen atoms in total. The van der Waals surface area contributed by atoms with E-state index in [0.717, 1.165) is 22.9 Å². The monoisotopic (exact) mass is 419 g/mol. The van der Waals surface area contributed by atoms with Crippen molar-refractivity contribution >= 4 is 54.5 Å². The summed E-state index contributed by atoms with van der Waals surface area (Å²) >= 11 is 7.68. The summed E-state index contributed by atoms with van der Waals surface area (Å²) in [4.78, 5) is 13.4. The molecule has 1 aliphatic carbocycles. The zero-order chi connectivity index (χ0) is 19.0. The molecular formula is C20H18ClNO3S2. The molecule has 0 atom stereocenters. The first kappa shape index (κ1) is 18.5. The molecule has 1 N–H and O–H groups in total. The third kappa shape index (κ3) is 3.49. The molecule has 27 heavy (non-hydrogen) atoms. The number of halogens is 1. The van der Waals surface area contributed by atoms with Gasteiger partial charge in [0.05, 0.1) is 15.2 Å². The number of fused-ring (bicyclic) bond motifs is 1. The molecule has 0 radical (unpaired) electrons. The van der Waals surface area contributed by atoms with Crippen molar-refractivity contribution in [3.8, 4) is 0 Å². The van der Waals surface area contributed by atoms with Gasteiger partial charge in [-0.3, -0.25) is 4.79 Å². The number of amides is 1. The highest BCUT2D eigenvalue weighted by Crippen LogP contribution is 2.36. The molecular weight excluding hydrogens is 402 g/mol. The number of anilines is 1. The molecule has 0 saturated heterocycles. The fraction of sp³-hybridized carbons (Fsp3) is 0.250. The van der Waals surface area contributed by atoms with Crippen molar-refractivity contribution in [2.45, 2.75) is 35.8 Å². The molecule has 1 saturated carbocycles. The van der Waals surface area contributed by atoms with Crippen LogP contribution in [0.5, 0.6) is 0 Å². The molecule has 1 fully saturated rings. The van der Waals surface area contributed by atoms with Crippen LogP contribution in [0.3, 0.4) is 0 Å². The van der Waals surface area contributed by atoms with Crippen LogP contribution in [-0.4, -0.2) is 19.6 Å². The first-order valence-electron chi connectivity index (χ1n) is 8.79. The molecule has 140 valence electrons. The minimum Gasteiger partial charge on any atom is -0.321 e. The molecule has 1 aliphatic rings. The summed E-state index contributed by atoms with van der Waals surface area (Å²) in [5, 5.41) is 3.73. The number of nitrogens with one attached hydrogen (secondary N) is 1. The Labute approximate surface area is 167 Å². The average Bonchev–Trinajstić information content (AvgIpc) is 3.31. The Hall–Kier alpha value is -1.89. The van der Waals surface area contributed by atoms with Gasteiger partial charge in [-0.2, -0.15) is 0 Å². The maximum Gasteiger partial charge on any atom is 0.267 e. The number of rotatable bonds is 4. The van der Waals surface area contributed by atoms with Gasteiger partial charge in [0, 0.05) is 15.8 Å². The van der Waals surface area contributed by atoms with E-state index < -0.39 is 9.84 Å². The fourth-order valence-electron chi connectivity index (χ4n) is 3.49. The van der Waals surface area contributed by atoms with E-state index in [0.29, 0.717) is 28.4 Å². The molecule has 2 aromatic carbocycles. The van der Waals surface area contributed by atoms with E-state index in [4.69, 9.17) is 11.6 Å². The second-order valence-corrected chi connectivity index (χ2v) is 10.3. The van der Waals surface area contributed by atoms with Gasteiger partial charge >= 0.3 is 0 Å². The molecule has 3 aromatic rings. The van der Waals surface area contributed by atoms with Crippen LogP contribution in [0.25, 0.3) is 10.1 Å². The highest BCUT2D eigenvalue weighted by Gasteiger charge is 2.30. The number of sulfone groups is 1. The minimum absolute atomic E-state index is 0.259. The van der Waals surface area contributed by atoms with Gasteiger partial charge in [-0.25, -0.2) is 8.42 Å².